The molecule has 21 heavy (non-hydrogen) atoms. The van der Waals surface area contributed by atoms with Crippen molar-refractivity contribution in [2.24, 2.45) is 7.05 Å². The van der Waals surface area contributed by atoms with Gasteiger partial charge in [0.2, 0.25) is 0 Å². The molecule has 4 rings (SSSR count). The van der Waals surface area contributed by atoms with Crippen LogP contribution in [0, 0.1) is 0 Å². The number of nitrogens with one attached hydrogen (secondary N) is 1. The Morgan fingerprint density at radius 2 is 2.19 bits per heavy atom. The van der Waals surface area contributed by atoms with Crippen molar-refractivity contribution in [3.8, 4) is 0 Å². The molecule has 5 nitrogen and oxygen atoms in total. The summed E-state index contributed by atoms with van der Waals surface area (Å²) in [6.07, 6.45) is 6.74. The predicted molar refractivity (Wildman–Crippen MR) is 81.9 cm³/mol. The summed E-state index contributed by atoms with van der Waals surface area (Å²) in [7, 11) is 1.90. The van der Waals surface area contributed by atoms with Crippen LogP contribution in [0.1, 0.15) is 24.1 Å². The second kappa shape index (κ2) is 5.00. The number of para-hydroxylation sites is 1. The molecule has 0 atom stereocenters. The van der Waals surface area contributed by atoms with E-state index in [9.17, 15) is 0 Å². The lowest BCUT2D eigenvalue weighted by molar-refractivity contribution is 0.686. The zero-order valence-corrected chi connectivity index (χ0v) is 12.2. The van der Waals surface area contributed by atoms with Gasteiger partial charge in [-0.15, -0.1) is 5.10 Å². The lowest BCUT2D eigenvalue weighted by atomic mass is 10.1. The molecule has 1 aliphatic carbocycles. The molecular weight excluding hydrogens is 262 g/mol. The van der Waals surface area contributed by atoms with Gasteiger partial charge in [-0.05, 0) is 29.9 Å². The Kier molecular flexibility index (Phi) is 3.00. The van der Waals surface area contributed by atoms with E-state index in [1.165, 1.54) is 29.3 Å². The molecule has 0 radical (unpaired) electrons. The topological polar surface area (TPSA) is 47.7 Å². The maximum absolute atomic E-state index is 4.19. The third-order valence-corrected chi connectivity index (χ3v) is 4.01. The Morgan fingerprint density at radius 3 is 2.95 bits per heavy atom. The molecule has 0 spiro atoms. The fourth-order valence-corrected chi connectivity index (χ4v) is 2.80. The minimum absolute atomic E-state index is 0.726. The van der Waals surface area contributed by atoms with Crippen LogP contribution < -0.4 is 5.32 Å². The summed E-state index contributed by atoms with van der Waals surface area (Å²) < 4.78 is 4.01. The summed E-state index contributed by atoms with van der Waals surface area (Å²) in [5.41, 5.74) is 3.64. The van der Waals surface area contributed by atoms with Gasteiger partial charge in [-0.25, -0.2) is 0 Å². The molecule has 0 unspecified atom stereocenters. The van der Waals surface area contributed by atoms with Crippen LogP contribution in [-0.2, 0) is 20.1 Å². The summed E-state index contributed by atoms with van der Waals surface area (Å²) >= 11 is 0. The maximum Gasteiger partial charge on any atom is 0.102 e. The SMILES string of the molecule is Cn1cc(Cn2ccc3cccc(CNC4CC4)c32)nn1. The Bertz CT molecular complexity index is 766. The highest BCUT2D eigenvalue weighted by atomic mass is 15.4. The number of benzene rings is 1. The van der Waals surface area contributed by atoms with Crippen molar-refractivity contribution < 1.29 is 0 Å². The summed E-state index contributed by atoms with van der Waals surface area (Å²) in [4.78, 5) is 0. The zero-order chi connectivity index (χ0) is 14.2. The van der Waals surface area contributed by atoms with Gasteiger partial charge in [0.1, 0.15) is 5.69 Å². The fraction of sp³-hybridized carbons (Fsp3) is 0.375. The third-order valence-electron chi connectivity index (χ3n) is 4.01. The number of nitrogens with zero attached hydrogens (tertiary/aromatic N) is 4. The number of hydrogen-bond donors (Lipinski definition) is 1. The summed E-state index contributed by atoms with van der Waals surface area (Å²) in [6, 6.07) is 9.42. The van der Waals surface area contributed by atoms with Gasteiger partial charge < -0.3 is 9.88 Å². The lowest BCUT2D eigenvalue weighted by Crippen LogP contribution is -2.16. The molecule has 1 N–H and O–H groups in total. The van der Waals surface area contributed by atoms with Gasteiger partial charge in [0.25, 0.3) is 0 Å². The first kappa shape index (κ1) is 12.6. The minimum atomic E-state index is 0.726. The highest BCUT2D eigenvalue weighted by molar-refractivity contribution is 5.83. The van der Waals surface area contributed by atoms with E-state index in [1.54, 1.807) is 4.68 Å². The zero-order valence-electron chi connectivity index (χ0n) is 12.2. The number of fused-ring (bicyclic) bond motifs is 1. The van der Waals surface area contributed by atoms with E-state index in [1.807, 2.05) is 13.2 Å². The Hall–Kier alpha value is -2.14. The van der Waals surface area contributed by atoms with Crippen molar-refractivity contribution in [2.45, 2.75) is 32.0 Å². The molecule has 108 valence electrons. The van der Waals surface area contributed by atoms with E-state index in [4.69, 9.17) is 0 Å². The Balaban J connectivity index is 1.67. The Labute approximate surface area is 123 Å². The molecule has 1 fully saturated rings. The van der Waals surface area contributed by atoms with E-state index < -0.39 is 0 Å². The number of hydrogen-bond acceptors (Lipinski definition) is 3. The van der Waals surface area contributed by atoms with Crippen LogP contribution >= 0.6 is 0 Å². The van der Waals surface area contributed by atoms with Gasteiger partial charge in [-0.3, -0.25) is 4.68 Å². The van der Waals surface area contributed by atoms with Crippen molar-refractivity contribution in [2.75, 3.05) is 0 Å². The second-order valence-electron chi connectivity index (χ2n) is 5.84. The molecule has 0 saturated heterocycles. The van der Waals surface area contributed by atoms with Crippen LogP contribution in [0.25, 0.3) is 10.9 Å². The van der Waals surface area contributed by atoms with Crippen molar-refractivity contribution in [3.63, 3.8) is 0 Å². The van der Waals surface area contributed by atoms with Crippen LogP contribution in [0.4, 0.5) is 0 Å². The van der Waals surface area contributed by atoms with Crippen molar-refractivity contribution in [1.29, 1.82) is 0 Å². The van der Waals surface area contributed by atoms with Gasteiger partial charge in [-0.2, -0.15) is 0 Å². The molecule has 0 aliphatic heterocycles. The van der Waals surface area contributed by atoms with Crippen molar-refractivity contribution in [1.82, 2.24) is 24.9 Å². The first-order valence-electron chi connectivity index (χ1n) is 7.45. The van der Waals surface area contributed by atoms with Crippen molar-refractivity contribution in [3.05, 3.63) is 47.9 Å². The maximum atomic E-state index is 4.19. The summed E-state index contributed by atoms with van der Waals surface area (Å²) in [5, 5.41) is 13.1. The van der Waals surface area contributed by atoms with E-state index >= 15 is 0 Å². The standard InChI is InChI=1S/C16H19N5/c1-20-10-15(18-19-20)11-21-8-7-12-3-2-4-13(16(12)21)9-17-14-5-6-14/h2-4,7-8,10,14,17H,5-6,9,11H2,1H3. The average Bonchev–Trinajstić information content (AvgIpc) is 3.10. The van der Waals surface area contributed by atoms with Gasteiger partial charge in [0.15, 0.2) is 0 Å². The number of aryl methyl sites for hydroxylation is 1. The van der Waals surface area contributed by atoms with Crippen LogP contribution in [-0.4, -0.2) is 25.6 Å². The van der Waals surface area contributed by atoms with Crippen LogP contribution in [0.5, 0.6) is 0 Å². The third kappa shape index (κ3) is 2.56. The quantitative estimate of drug-likeness (QED) is 0.779. The smallest absolute Gasteiger partial charge is 0.102 e. The van der Waals surface area contributed by atoms with E-state index in [0.717, 1.165) is 24.8 Å². The molecule has 5 heteroatoms. The molecule has 1 aromatic carbocycles. The lowest BCUT2D eigenvalue weighted by Gasteiger charge is -2.09. The molecule has 3 aromatic rings. The van der Waals surface area contributed by atoms with E-state index in [0.29, 0.717) is 0 Å². The molecule has 2 aromatic heterocycles. The van der Waals surface area contributed by atoms with Crippen LogP contribution in [0.15, 0.2) is 36.7 Å². The highest BCUT2D eigenvalue weighted by Gasteiger charge is 2.20. The van der Waals surface area contributed by atoms with Crippen LogP contribution in [0.3, 0.4) is 0 Å². The van der Waals surface area contributed by atoms with Gasteiger partial charge in [-0.1, -0.05) is 23.4 Å². The number of aromatic nitrogens is 4. The monoisotopic (exact) mass is 281 g/mol. The first-order valence-corrected chi connectivity index (χ1v) is 7.45. The van der Waals surface area contributed by atoms with Gasteiger partial charge in [0, 0.05) is 32.0 Å². The van der Waals surface area contributed by atoms with Crippen molar-refractivity contribution >= 4 is 10.9 Å². The van der Waals surface area contributed by atoms with Gasteiger partial charge >= 0.3 is 0 Å². The van der Waals surface area contributed by atoms with E-state index in [-0.39, 0.29) is 0 Å². The average molecular weight is 281 g/mol. The summed E-state index contributed by atoms with van der Waals surface area (Å²) in [5.74, 6) is 0. The second-order valence-corrected chi connectivity index (χ2v) is 5.84. The van der Waals surface area contributed by atoms with Crippen LogP contribution in [0.2, 0.25) is 0 Å². The Morgan fingerprint density at radius 1 is 1.29 bits per heavy atom. The number of rotatable bonds is 5. The predicted octanol–water partition coefficient (Wildman–Crippen LogP) is 2.07. The van der Waals surface area contributed by atoms with E-state index in [2.05, 4.69) is 50.7 Å². The molecule has 2 heterocycles. The van der Waals surface area contributed by atoms with Gasteiger partial charge in [0.05, 0.1) is 12.1 Å². The molecule has 1 saturated carbocycles. The highest BCUT2D eigenvalue weighted by Crippen LogP contribution is 2.24. The molecule has 1 aliphatic rings. The normalized spacial score (nSPS) is 14.9. The molecule has 0 amide bonds. The largest absolute Gasteiger partial charge is 0.341 e. The molecule has 0 bridgehead atoms. The summed E-state index contributed by atoms with van der Waals surface area (Å²) in [6.45, 7) is 1.70. The fourth-order valence-electron chi connectivity index (χ4n) is 2.80. The first-order chi connectivity index (χ1) is 10.3. The minimum Gasteiger partial charge on any atom is -0.341 e. The molecular formula is C16H19N5.